The Labute approximate surface area is 344 Å². The summed E-state index contributed by atoms with van der Waals surface area (Å²) in [4.78, 5) is 21.6. The van der Waals surface area contributed by atoms with E-state index >= 15 is 0 Å². The number of dihydropyridines is 1. The predicted octanol–water partition coefficient (Wildman–Crippen LogP) is 12.5. The summed E-state index contributed by atoms with van der Waals surface area (Å²) in [5, 5.41) is 1.11. The summed E-state index contributed by atoms with van der Waals surface area (Å²) in [6.45, 7) is 0. The standard InChI is InChI=1S/C54H40N4O/c1-3-10-33(11-4-1)45-26-21-35-18-19-36-23-28-47(57-52(36)51(35)55-45)39-14-9-15-40(30-39)48-32-43(38-24-29-50-44(31-38)41-16-7-8-17-49(41)59-50)42-25-20-37-22-27-46(34-12-5-2-6-13-34)56-53(37)54(42)58-48/h1-3,5-10,12-20,22-25,27-32,37,44,50,53H,4,11,21,26H2. The number of para-hydroxylation sites is 1. The number of aliphatic imine (C=N–C) groups is 2. The van der Waals surface area contributed by atoms with Gasteiger partial charge < -0.3 is 4.74 Å². The Hall–Kier alpha value is -6.98. The first-order valence-electron chi connectivity index (χ1n) is 20.9. The Morgan fingerprint density at radius 3 is 2.44 bits per heavy atom. The molecule has 282 valence electrons. The Kier molecular flexibility index (Phi) is 8.00. The zero-order valence-electron chi connectivity index (χ0n) is 32.5. The molecule has 0 bridgehead atoms. The van der Waals surface area contributed by atoms with E-state index in [1.165, 1.54) is 28.0 Å². The van der Waals surface area contributed by atoms with Crippen LogP contribution in [0.3, 0.4) is 0 Å². The van der Waals surface area contributed by atoms with Crippen LogP contribution in [0, 0.1) is 5.92 Å². The van der Waals surface area contributed by atoms with E-state index in [4.69, 9.17) is 24.7 Å². The molecule has 3 aliphatic carbocycles. The maximum atomic E-state index is 6.37. The zero-order chi connectivity index (χ0) is 38.9. The van der Waals surface area contributed by atoms with Gasteiger partial charge in [0.2, 0.25) is 0 Å². The Bertz CT molecular complexity index is 3000. The highest BCUT2D eigenvalue weighted by Crippen LogP contribution is 2.47. The molecule has 4 aromatic carbocycles. The smallest absolute Gasteiger partial charge is 0.128 e. The van der Waals surface area contributed by atoms with Gasteiger partial charge in [-0.25, -0.2) is 9.97 Å². The van der Waals surface area contributed by atoms with Crippen LogP contribution < -0.4 is 4.74 Å². The first-order valence-corrected chi connectivity index (χ1v) is 20.9. The molecule has 5 heterocycles. The fraction of sp³-hybridized carbons (Fsp3) is 0.148. The molecule has 0 saturated heterocycles. The van der Waals surface area contributed by atoms with Crippen molar-refractivity contribution in [2.24, 2.45) is 15.9 Å². The van der Waals surface area contributed by atoms with E-state index in [-0.39, 0.29) is 24.0 Å². The molecule has 0 amide bonds. The number of fused-ring (bicyclic) bond motifs is 9. The Morgan fingerprint density at radius 1 is 0.678 bits per heavy atom. The molecule has 4 atom stereocenters. The van der Waals surface area contributed by atoms with Gasteiger partial charge in [-0.2, -0.15) is 0 Å². The van der Waals surface area contributed by atoms with Gasteiger partial charge in [0.1, 0.15) is 17.9 Å². The maximum absolute atomic E-state index is 6.37. The van der Waals surface area contributed by atoms with Crippen molar-refractivity contribution in [1.29, 1.82) is 0 Å². The van der Waals surface area contributed by atoms with Crippen molar-refractivity contribution in [3.8, 4) is 28.3 Å². The first kappa shape index (κ1) is 34.1. The summed E-state index contributed by atoms with van der Waals surface area (Å²) < 4.78 is 6.37. The molecule has 5 heteroatoms. The SMILES string of the molecule is C1=CCCC(C2=Nc3c(ccc4ccc(-c5cccc(-c6cc(C7=CC8c9ccccc9OC8C=C7)c7c(n6)C6N=C(c8ccccc8)C=CC6C=C7)c5)nc34)CC2)=C1. The molecule has 5 nitrogen and oxygen atoms in total. The van der Waals surface area contributed by atoms with E-state index < -0.39 is 0 Å². The van der Waals surface area contributed by atoms with E-state index in [1.54, 1.807) is 0 Å². The topological polar surface area (TPSA) is 59.7 Å². The van der Waals surface area contributed by atoms with E-state index in [1.807, 2.05) is 6.07 Å². The third-order valence-electron chi connectivity index (χ3n) is 12.7. The molecule has 4 unspecified atom stereocenters. The normalized spacial score (nSPS) is 21.9. The largest absolute Gasteiger partial charge is 0.485 e. The van der Waals surface area contributed by atoms with E-state index in [9.17, 15) is 0 Å². The monoisotopic (exact) mass is 760 g/mol. The molecule has 0 fully saturated rings. The van der Waals surface area contributed by atoms with Crippen LogP contribution in [0.5, 0.6) is 5.75 Å². The minimum atomic E-state index is -0.146. The van der Waals surface area contributed by atoms with Crippen molar-refractivity contribution in [1.82, 2.24) is 9.97 Å². The van der Waals surface area contributed by atoms with Gasteiger partial charge >= 0.3 is 0 Å². The zero-order valence-corrected chi connectivity index (χ0v) is 32.5. The van der Waals surface area contributed by atoms with Crippen molar-refractivity contribution in [3.63, 3.8) is 0 Å². The number of rotatable bonds is 5. The van der Waals surface area contributed by atoms with E-state index in [2.05, 4.69) is 164 Å². The lowest BCUT2D eigenvalue weighted by molar-refractivity contribution is 0.269. The minimum absolute atomic E-state index is 0.00904. The van der Waals surface area contributed by atoms with Gasteiger partial charge in [0.05, 0.1) is 34.0 Å². The number of ether oxygens (including phenoxy) is 1. The number of allylic oxidation sites excluding steroid dienone is 7. The summed E-state index contributed by atoms with van der Waals surface area (Å²) in [5.74, 6) is 1.23. The average Bonchev–Trinajstić information content (AvgIpc) is 3.69. The summed E-state index contributed by atoms with van der Waals surface area (Å²) in [6, 6.07) is 38.5. The van der Waals surface area contributed by atoms with Crippen LogP contribution >= 0.6 is 0 Å². The third kappa shape index (κ3) is 5.91. The lowest BCUT2D eigenvalue weighted by atomic mass is 9.80. The van der Waals surface area contributed by atoms with Crippen LogP contribution in [0.2, 0.25) is 0 Å². The number of aryl methyl sites for hydroxylation is 1. The molecule has 59 heavy (non-hydrogen) atoms. The maximum Gasteiger partial charge on any atom is 0.128 e. The van der Waals surface area contributed by atoms with Crippen LogP contribution in [0.15, 0.2) is 179 Å². The Balaban J connectivity index is 0.984. The fourth-order valence-corrected chi connectivity index (χ4v) is 9.64. The number of hydrogen-bond acceptors (Lipinski definition) is 5. The predicted molar refractivity (Wildman–Crippen MR) is 240 cm³/mol. The number of benzene rings is 4. The fourth-order valence-electron chi connectivity index (χ4n) is 9.64. The van der Waals surface area contributed by atoms with Crippen LogP contribution in [-0.2, 0) is 6.42 Å². The van der Waals surface area contributed by atoms with Crippen LogP contribution in [0.25, 0.3) is 45.1 Å². The number of hydrogen-bond donors (Lipinski definition) is 0. The van der Waals surface area contributed by atoms with Crippen molar-refractivity contribution in [2.75, 3.05) is 0 Å². The molecular formula is C54H40N4O. The molecular weight excluding hydrogens is 721 g/mol. The molecule has 12 rings (SSSR count). The quantitative estimate of drug-likeness (QED) is 0.176. The molecule has 3 aliphatic heterocycles. The lowest BCUT2D eigenvalue weighted by Gasteiger charge is -2.30. The molecule has 0 N–H and O–H groups in total. The second-order valence-electron chi connectivity index (χ2n) is 16.2. The molecule has 2 aromatic heterocycles. The highest BCUT2D eigenvalue weighted by atomic mass is 16.5. The lowest BCUT2D eigenvalue weighted by Crippen LogP contribution is -2.21. The number of pyridine rings is 2. The summed E-state index contributed by atoms with van der Waals surface area (Å²) in [7, 11) is 0. The van der Waals surface area contributed by atoms with E-state index in [0.717, 1.165) is 98.6 Å². The van der Waals surface area contributed by atoms with Crippen LogP contribution in [0.4, 0.5) is 5.69 Å². The van der Waals surface area contributed by atoms with Gasteiger partial charge in [-0.3, -0.25) is 9.98 Å². The van der Waals surface area contributed by atoms with Gasteiger partial charge in [-0.15, -0.1) is 0 Å². The van der Waals surface area contributed by atoms with Gasteiger partial charge in [-0.05, 0) is 89.9 Å². The number of nitrogens with zero attached hydrogens (tertiary/aromatic N) is 4. The van der Waals surface area contributed by atoms with Crippen LogP contribution in [0.1, 0.15) is 64.7 Å². The van der Waals surface area contributed by atoms with E-state index in [0.29, 0.717) is 0 Å². The Morgan fingerprint density at radius 2 is 1.53 bits per heavy atom. The second kappa shape index (κ2) is 13.8. The van der Waals surface area contributed by atoms with Crippen LogP contribution in [-0.4, -0.2) is 27.5 Å². The molecule has 0 radical (unpaired) electrons. The minimum Gasteiger partial charge on any atom is -0.485 e. The summed E-state index contributed by atoms with van der Waals surface area (Å²) in [6.07, 6.45) is 26.5. The summed E-state index contributed by atoms with van der Waals surface area (Å²) in [5.41, 5.74) is 17.5. The van der Waals surface area contributed by atoms with Crippen molar-refractivity contribution < 1.29 is 4.74 Å². The summed E-state index contributed by atoms with van der Waals surface area (Å²) >= 11 is 0. The van der Waals surface area contributed by atoms with Gasteiger partial charge in [0.25, 0.3) is 0 Å². The molecule has 6 aliphatic rings. The van der Waals surface area contributed by atoms with Crippen molar-refractivity contribution in [2.45, 2.75) is 43.7 Å². The number of aromatic nitrogens is 2. The van der Waals surface area contributed by atoms with Gasteiger partial charge in [-0.1, -0.05) is 134 Å². The molecule has 0 saturated carbocycles. The molecule has 6 aromatic rings. The highest BCUT2D eigenvalue weighted by molar-refractivity contribution is 6.09. The third-order valence-corrected chi connectivity index (χ3v) is 12.7. The first-order chi connectivity index (χ1) is 29.2. The average molecular weight is 761 g/mol. The van der Waals surface area contributed by atoms with Gasteiger partial charge in [0.15, 0.2) is 0 Å². The van der Waals surface area contributed by atoms with Crippen molar-refractivity contribution in [3.05, 3.63) is 203 Å². The second-order valence-corrected chi connectivity index (χ2v) is 16.2. The van der Waals surface area contributed by atoms with Gasteiger partial charge in [0, 0.05) is 45.2 Å². The highest BCUT2D eigenvalue weighted by Gasteiger charge is 2.35. The van der Waals surface area contributed by atoms with Crippen molar-refractivity contribution >= 4 is 39.7 Å². The molecule has 0 spiro atoms.